The van der Waals surface area contributed by atoms with Crippen LogP contribution < -0.4 is 5.73 Å². The van der Waals surface area contributed by atoms with E-state index in [9.17, 15) is 0 Å². The van der Waals surface area contributed by atoms with Crippen LogP contribution in [0.3, 0.4) is 0 Å². The molecule has 5 heteroatoms. The maximum atomic E-state index is 5.78. The first-order valence-corrected chi connectivity index (χ1v) is 5.54. The normalized spacial score (nSPS) is 26.2. The van der Waals surface area contributed by atoms with Gasteiger partial charge in [0, 0.05) is 13.2 Å². The fourth-order valence-corrected chi connectivity index (χ4v) is 1.89. The number of aromatic nitrogens is 2. The summed E-state index contributed by atoms with van der Waals surface area (Å²) >= 11 is 0. The first-order valence-electron chi connectivity index (χ1n) is 5.54. The zero-order valence-electron chi connectivity index (χ0n) is 9.59. The van der Waals surface area contributed by atoms with Crippen LogP contribution in [0.5, 0.6) is 0 Å². The number of hydrogen-bond acceptors (Lipinski definition) is 5. The van der Waals surface area contributed by atoms with E-state index in [0.717, 1.165) is 12.8 Å². The van der Waals surface area contributed by atoms with Gasteiger partial charge >= 0.3 is 0 Å². The molecule has 0 radical (unpaired) electrons. The van der Waals surface area contributed by atoms with E-state index in [4.69, 9.17) is 15.0 Å². The summed E-state index contributed by atoms with van der Waals surface area (Å²) < 4.78 is 10.5. The highest BCUT2D eigenvalue weighted by Gasteiger charge is 2.24. The van der Waals surface area contributed by atoms with E-state index in [1.54, 1.807) is 7.11 Å². The highest BCUT2D eigenvalue weighted by molar-refractivity contribution is 5.15. The molecule has 1 aromatic heterocycles. The standard InChI is InChI=1S/C11H17N3O2/c1-3-9(15-2)10-13-11(16-14-10)7-4-5-8(12)6-7/h4-5,7-9H,3,6,12H2,1-2H3. The summed E-state index contributed by atoms with van der Waals surface area (Å²) in [6.07, 6.45) is 5.58. The lowest BCUT2D eigenvalue weighted by Gasteiger charge is -2.06. The van der Waals surface area contributed by atoms with Crippen molar-refractivity contribution in [2.45, 2.75) is 37.8 Å². The highest BCUT2D eigenvalue weighted by atomic mass is 16.5. The molecular weight excluding hydrogens is 206 g/mol. The maximum absolute atomic E-state index is 5.78. The Labute approximate surface area is 94.7 Å². The van der Waals surface area contributed by atoms with E-state index in [2.05, 4.69) is 10.1 Å². The fourth-order valence-electron chi connectivity index (χ4n) is 1.89. The Morgan fingerprint density at radius 3 is 3.00 bits per heavy atom. The molecule has 0 fully saturated rings. The Kier molecular flexibility index (Phi) is 3.36. The van der Waals surface area contributed by atoms with Gasteiger partial charge in [-0.05, 0) is 12.8 Å². The molecule has 5 nitrogen and oxygen atoms in total. The zero-order valence-corrected chi connectivity index (χ0v) is 9.59. The minimum absolute atomic E-state index is 0.0865. The Balaban J connectivity index is 2.10. The largest absolute Gasteiger partial charge is 0.373 e. The summed E-state index contributed by atoms with van der Waals surface area (Å²) in [6.45, 7) is 2.02. The molecule has 0 saturated heterocycles. The molecular formula is C11H17N3O2. The Morgan fingerprint density at radius 2 is 2.44 bits per heavy atom. The minimum atomic E-state index is -0.0865. The van der Waals surface area contributed by atoms with Gasteiger partial charge in [-0.15, -0.1) is 0 Å². The van der Waals surface area contributed by atoms with Gasteiger partial charge in [-0.3, -0.25) is 0 Å². The molecule has 1 aliphatic rings. The van der Waals surface area contributed by atoms with Crippen molar-refractivity contribution in [3.05, 3.63) is 23.9 Å². The Hall–Kier alpha value is -1.20. The van der Waals surface area contributed by atoms with Crippen molar-refractivity contribution in [3.63, 3.8) is 0 Å². The van der Waals surface area contributed by atoms with Crippen LogP contribution in [0.25, 0.3) is 0 Å². The predicted octanol–water partition coefficient (Wildman–Crippen LogP) is 1.54. The van der Waals surface area contributed by atoms with Crippen LogP contribution in [0.4, 0.5) is 0 Å². The summed E-state index contributed by atoms with van der Waals surface area (Å²) in [5.74, 6) is 1.41. The zero-order chi connectivity index (χ0) is 11.5. The molecule has 1 aromatic rings. The van der Waals surface area contributed by atoms with Crippen molar-refractivity contribution >= 4 is 0 Å². The number of rotatable bonds is 4. The van der Waals surface area contributed by atoms with Crippen LogP contribution >= 0.6 is 0 Å². The summed E-state index contributed by atoms with van der Waals surface area (Å²) in [5, 5.41) is 3.94. The van der Waals surface area contributed by atoms with E-state index >= 15 is 0 Å². The molecule has 3 unspecified atom stereocenters. The number of methoxy groups -OCH3 is 1. The molecule has 1 heterocycles. The first-order chi connectivity index (χ1) is 7.74. The maximum Gasteiger partial charge on any atom is 0.233 e. The van der Waals surface area contributed by atoms with Gasteiger partial charge in [0.15, 0.2) is 0 Å². The lowest BCUT2D eigenvalue weighted by molar-refractivity contribution is 0.0903. The van der Waals surface area contributed by atoms with Crippen LogP contribution in [-0.4, -0.2) is 23.3 Å². The lowest BCUT2D eigenvalue weighted by atomic mass is 10.1. The van der Waals surface area contributed by atoms with Gasteiger partial charge < -0.3 is 15.0 Å². The van der Waals surface area contributed by atoms with Gasteiger partial charge in [-0.25, -0.2) is 0 Å². The fraction of sp³-hybridized carbons (Fsp3) is 0.636. The van der Waals surface area contributed by atoms with E-state index in [-0.39, 0.29) is 18.1 Å². The average Bonchev–Trinajstić information content (AvgIpc) is 2.89. The topological polar surface area (TPSA) is 74.2 Å². The molecule has 3 atom stereocenters. The molecule has 2 rings (SSSR count). The minimum Gasteiger partial charge on any atom is -0.373 e. The van der Waals surface area contributed by atoms with Crippen molar-refractivity contribution in [2.24, 2.45) is 5.73 Å². The lowest BCUT2D eigenvalue weighted by Crippen LogP contribution is -2.14. The van der Waals surface area contributed by atoms with Crippen molar-refractivity contribution in [2.75, 3.05) is 7.11 Å². The van der Waals surface area contributed by atoms with Crippen LogP contribution in [0, 0.1) is 0 Å². The molecule has 1 aliphatic carbocycles. The van der Waals surface area contributed by atoms with Gasteiger partial charge in [0.2, 0.25) is 11.7 Å². The molecule has 0 aromatic carbocycles. The van der Waals surface area contributed by atoms with Gasteiger partial charge in [0.25, 0.3) is 0 Å². The summed E-state index contributed by atoms with van der Waals surface area (Å²) in [6, 6.07) is 0.102. The number of hydrogen-bond donors (Lipinski definition) is 1. The number of allylic oxidation sites excluding steroid dienone is 1. The quantitative estimate of drug-likeness (QED) is 0.784. The molecule has 88 valence electrons. The molecule has 0 aliphatic heterocycles. The number of ether oxygens (including phenoxy) is 1. The van der Waals surface area contributed by atoms with Crippen molar-refractivity contribution in [3.8, 4) is 0 Å². The Bertz CT molecular complexity index is 371. The van der Waals surface area contributed by atoms with Gasteiger partial charge in [-0.2, -0.15) is 4.98 Å². The number of nitrogens with zero attached hydrogens (tertiary/aromatic N) is 2. The number of nitrogens with two attached hydrogens (primary N) is 1. The second-order valence-electron chi connectivity index (χ2n) is 4.01. The molecule has 0 saturated carbocycles. The second-order valence-corrected chi connectivity index (χ2v) is 4.01. The summed E-state index contributed by atoms with van der Waals surface area (Å²) in [7, 11) is 1.65. The van der Waals surface area contributed by atoms with Crippen LogP contribution in [-0.2, 0) is 4.74 Å². The first kappa shape index (κ1) is 11.3. The third-order valence-corrected chi connectivity index (χ3v) is 2.83. The summed E-state index contributed by atoms with van der Waals surface area (Å²) in [4.78, 5) is 4.36. The van der Waals surface area contributed by atoms with Crippen molar-refractivity contribution in [1.29, 1.82) is 0 Å². The second kappa shape index (κ2) is 4.76. The van der Waals surface area contributed by atoms with Gasteiger partial charge in [0.05, 0.1) is 5.92 Å². The predicted molar refractivity (Wildman–Crippen MR) is 58.8 cm³/mol. The van der Waals surface area contributed by atoms with Crippen molar-refractivity contribution in [1.82, 2.24) is 10.1 Å². The van der Waals surface area contributed by atoms with Gasteiger partial charge in [0.1, 0.15) is 6.10 Å². The molecule has 16 heavy (non-hydrogen) atoms. The SMILES string of the molecule is CCC(OC)c1noc(C2C=CC(N)C2)n1. The third kappa shape index (κ3) is 2.15. The van der Waals surface area contributed by atoms with E-state index in [0.29, 0.717) is 11.7 Å². The average molecular weight is 223 g/mol. The van der Waals surface area contributed by atoms with Crippen LogP contribution in [0.1, 0.15) is 43.5 Å². The van der Waals surface area contributed by atoms with Gasteiger partial charge in [-0.1, -0.05) is 24.2 Å². The van der Waals surface area contributed by atoms with E-state index < -0.39 is 0 Å². The summed E-state index contributed by atoms with van der Waals surface area (Å²) in [5.41, 5.74) is 5.78. The van der Waals surface area contributed by atoms with Crippen LogP contribution in [0.2, 0.25) is 0 Å². The highest BCUT2D eigenvalue weighted by Crippen LogP contribution is 2.28. The van der Waals surface area contributed by atoms with E-state index in [1.165, 1.54) is 0 Å². The third-order valence-electron chi connectivity index (χ3n) is 2.83. The monoisotopic (exact) mass is 223 g/mol. The van der Waals surface area contributed by atoms with Crippen molar-refractivity contribution < 1.29 is 9.26 Å². The molecule has 0 spiro atoms. The van der Waals surface area contributed by atoms with E-state index in [1.807, 2.05) is 19.1 Å². The Morgan fingerprint density at radius 1 is 1.62 bits per heavy atom. The molecule has 0 amide bonds. The molecule has 2 N–H and O–H groups in total. The molecule has 0 bridgehead atoms. The van der Waals surface area contributed by atoms with Crippen LogP contribution in [0.15, 0.2) is 16.7 Å². The smallest absolute Gasteiger partial charge is 0.233 e.